The summed E-state index contributed by atoms with van der Waals surface area (Å²) in [5.41, 5.74) is 1.43. The predicted molar refractivity (Wildman–Crippen MR) is 111 cm³/mol. The number of benzene rings is 1. The van der Waals surface area contributed by atoms with Crippen LogP contribution in [-0.4, -0.2) is 36.9 Å². The summed E-state index contributed by atoms with van der Waals surface area (Å²) in [6, 6.07) is 11.1. The number of rotatable bonds is 7. The summed E-state index contributed by atoms with van der Waals surface area (Å²) in [5, 5.41) is 0. The minimum absolute atomic E-state index is 0.0345. The molecule has 0 amide bonds. The highest BCUT2D eigenvalue weighted by Gasteiger charge is 2.58. The van der Waals surface area contributed by atoms with Gasteiger partial charge in [-0.3, -0.25) is 0 Å². The standard InChI is InChI=1S/C22H34NO.BF4/c1-4-6-8-14-21-18(3)20(19-12-9-7-10-13-19)17-23-16-11-15-22(21,23)24-5-2;2-1(3,4)5/h7,9-10,12-13,17-18,20-21H,4-6,8,11,14-16H2,1-3H3;/q+1;-1. The molecular formula is C22H34BF4NO. The van der Waals surface area contributed by atoms with E-state index in [1.165, 1.54) is 44.1 Å². The fourth-order valence-corrected chi connectivity index (χ4v) is 5.10. The first-order valence-electron chi connectivity index (χ1n) is 10.9. The summed E-state index contributed by atoms with van der Waals surface area (Å²) in [6.45, 7) is 8.88. The molecule has 1 saturated heterocycles. The Balaban J connectivity index is 0.000000537. The van der Waals surface area contributed by atoms with Gasteiger partial charge in [0.15, 0.2) is 0 Å². The highest BCUT2D eigenvalue weighted by Crippen LogP contribution is 2.48. The Bertz CT molecular complexity index is 646. The second-order valence-corrected chi connectivity index (χ2v) is 8.12. The Labute approximate surface area is 172 Å². The van der Waals surface area contributed by atoms with Crippen molar-refractivity contribution >= 4 is 13.5 Å². The number of fused-ring (bicyclic) bond motifs is 1. The smallest absolute Gasteiger partial charge is 0.418 e. The Morgan fingerprint density at radius 3 is 2.34 bits per heavy atom. The summed E-state index contributed by atoms with van der Waals surface area (Å²) >= 11 is 0. The van der Waals surface area contributed by atoms with Gasteiger partial charge in [-0.05, 0) is 24.8 Å². The lowest BCUT2D eigenvalue weighted by molar-refractivity contribution is -0.657. The summed E-state index contributed by atoms with van der Waals surface area (Å²) in [4.78, 5) is 0. The van der Waals surface area contributed by atoms with E-state index in [0.717, 1.165) is 13.2 Å². The maximum absolute atomic E-state index is 9.75. The predicted octanol–water partition coefficient (Wildman–Crippen LogP) is 6.53. The summed E-state index contributed by atoms with van der Waals surface area (Å²) < 4.78 is 48.1. The molecule has 0 bridgehead atoms. The Morgan fingerprint density at radius 1 is 1.10 bits per heavy atom. The number of hydrogen-bond acceptors (Lipinski definition) is 1. The third-order valence-electron chi connectivity index (χ3n) is 6.24. The molecule has 7 heteroatoms. The average molecular weight is 415 g/mol. The van der Waals surface area contributed by atoms with Gasteiger partial charge in [0.25, 0.3) is 5.72 Å². The zero-order valence-corrected chi connectivity index (χ0v) is 17.8. The number of nitrogens with zero attached hydrogens (tertiary/aromatic N) is 1. The molecule has 1 aromatic carbocycles. The van der Waals surface area contributed by atoms with Crippen LogP contribution in [0.5, 0.6) is 0 Å². The van der Waals surface area contributed by atoms with Crippen LogP contribution in [0.15, 0.2) is 30.3 Å². The van der Waals surface area contributed by atoms with Gasteiger partial charge in [-0.25, -0.2) is 4.58 Å². The summed E-state index contributed by atoms with van der Waals surface area (Å²) in [5.74, 6) is 1.77. The van der Waals surface area contributed by atoms with E-state index in [2.05, 4.69) is 61.9 Å². The van der Waals surface area contributed by atoms with Crippen molar-refractivity contribution in [2.45, 2.75) is 70.9 Å². The van der Waals surface area contributed by atoms with Gasteiger partial charge in [-0.15, -0.1) is 0 Å². The van der Waals surface area contributed by atoms with Crippen molar-refractivity contribution in [1.29, 1.82) is 0 Å². The average Bonchev–Trinajstić information content (AvgIpc) is 3.06. The molecule has 2 aliphatic rings. The van der Waals surface area contributed by atoms with Gasteiger partial charge in [0, 0.05) is 12.8 Å². The topological polar surface area (TPSA) is 12.2 Å². The lowest BCUT2D eigenvalue weighted by atomic mass is 9.70. The normalized spacial score (nSPS) is 28.9. The lowest BCUT2D eigenvalue weighted by Gasteiger charge is -2.42. The molecule has 2 heterocycles. The van der Waals surface area contributed by atoms with Crippen LogP contribution in [0.3, 0.4) is 0 Å². The quantitative estimate of drug-likeness (QED) is 0.214. The molecule has 0 aromatic heterocycles. The molecule has 2 nitrogen and oxygen atoms in total. The van der Waals surface area contributed by atoms with E-state index in [0.29, 0.717) is 17.8 Å². The van der Waals surface area contributed by atoms with Crippen molar-refractivity contribution in [1.82, 2.24) is 0 Å². The van der Waals surface area contributed by atoms with E-state index in [-0.39, 0.29) is 5.72 Å². The third kappa shape index (κ3) is 6.30. The molecule has 4 atom stereocenters. The first-order chi connectivity index (χ1) is 13.7. The number of unbranched alkanes of at least 4 members (excludes halogenated alkanes) is 2. The fourth-order valence-electron chi connectivity index (χ4n) is 5.10. The molecule has 0 aliphatic carbocycles. The van der Waals surface area contributed by atoms with Crippen molar-refractivity contribution in [2.24, 2.45) is 11.8 Å². The first kappa shape index (κ1) is 23.9. The van der Waals surface area contributed by atoms with Gasteiger partial charge in [0.2, 0.25) is 0 Å². The SMILES string of the molecule is CCCCCC1C(C)C(c2ccccc2)C=[N+]2CCCC12OCC.F[B-](F)(F)F. The maximum Gasteiger partial charge on any atom is 0.673 e. The monoisotopic (exact) mass is 415 g/mol. The molecule has 2 aliphatic heterocycles. The lowest BCUT2D eigenvalue weighted by Crippen LogP contribution is -2.54. The fraction of sp³-hybridized carbons (Fsp3) is 0.682. The zero-order valence-electron chi connectivity index (χ0n) is 17.8. The zero-order chi connectivity index (χ0) is 21.5. The maximum atomic E-state index is 9.75. The van der Waals surface area contributed by atoms with Crippen molar-refractivity contribution in [3.8, 4) is 0 Å². The van der Waals surface area contributed by atoms with Gasteiger partial charge in [-0.1, -0.05) is 63.4 Å². The van der Waals surface area contributed by atoms with Crippen molar-refractivity contribution < 1.29 is 26.6 Å². The molecule has 0 spiro atoms. The van der Waals surface area contributed by atoms with Gasteiger partial charge in [0.05, 0.1) is 18.4 Å². The van der Waals surface area contributed by atoms with E-state index in [1.807, 2.05) is 0 Å². The minimum atomic E-state index is -6.00. The van der Waals surface area contributed by atoms with Crippen LogP contribution < -0.4 is 0 Å². The molecular weight excluding hydrogens is 381 g/mol. The molecule has 0 saturated carbocycles. The largest absolute Gasteiger partial charge is 0.673 e. The Kier molecular flexibility index (Phi) is 8.74. The van der Waals surface area contributed by atoms with Crippen molar-refractivity contribution in [3.05, 3.63) is 35.9 Å². The van der Waals surface area contributed by atoms with Crippen LogP contribution in [0, 0.1) is 11.8 Å². The highest BCUT2D eigenvalue weighted by molar-refractivity contribution is 6.50. The van der Waals surface area contributed by atoms with Gasteiger partial charge >= 0.3 is 7.25 Å². The van der Waals surface area contributed by atoms with Crippen molar-refractivity contribution in [3.63, 3.8) is 0 Å². The van der Waals surface area contributed by atoms with Crippen LogP contribution in [0.1, 0.15) is 70.8 Å². The number of ether oxygens (including phenoxy) is 1. The van der Waals surface area contributed by atoms with E-state index in [9.17, 15) is 17.3 Å². The summed E-state index contributed by atoms with van der Waals surface area (Å²) in [7, 11) is -6.00. The Morgan fingerprint density at radius 2 is 1.76 bits per heavy atom. The molecule has 0 N–H and O–H groups in total. The molecule has 3 rings (SSSR count). The third-order valence-corrected chi connectivity index (χ3v) is 6.24. The highest BCUT2D eigenvalue weighted by atomic mass is 19.5. The van der Waals surface area contributed by atoms with Crippen LogP contribution in [-0.2, 0) is 4.74 Å². The van der Waals surface area contributed by atoms with E-state index < -0.39 is 7.25 Å². The molecule has 0 radical (unpaired) electrons. The second kappa shape index (κ2) is 10.6. The van der Waals surface area contributed by atoms with Crippen LogP contribution in [0.25, 0.3) is 0 Å². The molecule has 1 aromatic rings. The van der Waals surface area contributed by atoms with Crippen molar-refractivity contribution in [2.75, 3.05) is 13.2 Å². The molecule has 4 unspecified atom stereocenters. The van der Waals surface area contributed by atoms with E-state index in [4.69, 9.17) is 4.74 Å². The van der Waals surface area contributed by atoms with Gasteiger partial charge in [0.1, 0.15) is 12.8 Å². The minimum Gasteiger partial charge on any atom is -0.418 e. The molecule has 164 valence electrons. The van der Waals surface area contributed by atoms with E-state index >= 15 is 0 Å². The molecule has 1 fully saturated rings. The van der Waals surface area contributed by atoms with Gasteiger partial charge < -0.3 is 22.0 Å². The Hall–Kier alpha value is -1.37. The second-order valence-electron chi connectivity index (χ2n) is 8.12. The first-order valence-corrected chi connectivity index (χ1v) is 10.9. The van der Waals surface area contributed by atoms with Crippen LogP contribution in [0.2, 0.25) is 0 Å². The van der Waals surface area contributed by atoms with Crippen LogP contribution >= 0.6 is 0 Å². The summed E-state index contributed by atoms with van der Waals surface area (Å²) in [6.07, 6.45) is 10.2. The van der Waals surface area contributed by atoms with E-state index in [1.54, 1.807) is 0 Å². The van der Waals surface area contributed by atoms with Gasteiger partial charge in [-0.2, -0.15) is 0 Å². The number of halogens is 4. The van der Waals surface area contributed by atoms with Crippen LogP contribution in [0.4, 0.5) is 17.3 Å². The number of hydrogen-bond donors (Lipinski definition) is 0. The molecule has 29 heavy (non-hydrogen) atoms.